The fourth-order valence-electron chi connectivity index (χ4n) is 1.72. The van der Waals surface area contributed by atoms with E-state index in [-0.39, 0.29) is 0 Å². The zero-order chi connectivity index (χ0) is 9.80. The third-order valence-electron chi connectivity index (χ3n) is 2.49. The Morgan fingerprint density at radius 2 is 2.57 bits per heavy atom. The minimum Gasteiger partial charge on any atom is -0.381 e. The SMILES string of the molecule is NCCn1cc(C2CCCOC2)nn1. The second kappa shape index (κ2) is 4.52. The molecule has 2 N–H and O–H groups in total. The zero-order valence-corrected chi connectivity index (χ0v) is 8.22. The van der Waals surface area contributed by atoms with Gasteiger partial charge < -0.3 is 10.5 Å². The monoisotopic (exact) mass is 196 g/mol. The molecule has 1 unspecified atom stereocenters. The van der Waals surface area contributed by atoms with Crippen LogP contribution in [0.4, 0.5) is 0 Å². The molecule has 1 saturated heterocycles. The van der Waals surface area contributed by atoms with Gasteiger partial charge in [0.1, 0.15) is 0 Å². The van der Waals surface area contributed by atoms with Gasteiger partial charge in [0.2, 0.25) is 0 Å². The largest absolute Gasteiger partial charge is 0.381 e. The molecular weight excluding hydrogens is 180 g/mol. The summed E-state index contributed by atoms with van der Waals surface area (Å²) in [6, 6.07) is 0. The molecule has 0 bridgehead atoms. The lowest BCUT2D eigenvalue weighted by Crippen LogP contribution is -2.15. The van der Waals surface area contributed by atoms with Gasteiger partial charge in [-0.05, 0) is 12.8 Å². The summed E-state index contributed by atoms with van der Waals surface area (Å²) in [6.07, 6.45) is 4.25. The lowest BCUT2D eigenvalue weighted by atomic mass is 9.99. The fourth-order valence-corrected chi connectivity index (χ4v) is 1.72. The number of hydrogen-bond donors (Lipinski definition) is 1. The Morgan fingerprint density at radius 3 is 3.29 bits per heavy atom. The third-order valence-corrected chi connectivity index (χ3v) is 2.49. The van der Waals surface area contributed by atoms with Gasteiger partial charge in [0.05, 0.1) is 18.8 Å². The topological polar surface area (TPSA) is 66.0 Å². The normalized spacial score (nSPS) is 22.5. The molecule has 5 heteroatoms. The Kier molecular flexibility index (Phi) is 3.10. The lowest BCUT2D eigenvalue weighted by Gasteiger charge is -2.19. The van der Waals surface area contributed by atoms with Crippen LogP contribution in [-0.2, 0) is 11.3 Å². The van der Waals surface area contributed by atoms with Crippen LogP contribution >= 0.6 is 0 Å². The highest BCUT2D eigenvalue weighted by molar-refractivity contribution is 5.02. The van der Waals surface area contributed by atoms with Crippen LogP contribution < -0.4 is 5.73 Å². The minimum atomic E-state index is 0.426. The molecular formula is C9H16N4O. The predicted molar refractivity (Wildman–Crippen MR) is 51.9 cm³/mol. The van der Waals surface area contributed by atoms with Gasteiger partial charge in [-0.25, -0.2) is 0 Å². The number of nitrogens with zero attached hydrogens (tertiary/aromatic N) is 3. The molecule has 0 radical (unpaired) electrons. The molecule has 1 aromatic rings. The van der Waals surface area contributed by atoms with E-state index in [1.165, 1.54) is 0 Å². The van der Waals surface area contributed by atoms with Crippen molar-refractivity contribution < 1.29 is 4.74 Å². The third kappa shape index (κ3) is 2.10. The maximum Gasteiger partial charge on any atom is 0.0880 e. The average molecular weight is 196 g/mol. The van der Waals surface area contributed by atoms with E-state index in [0.717, 1.165) is 38.3 Å². The van der Waals surface area contributed by atoms with Crippen molar-refractivity contribution >= 4 is 0 Å². The van der Waals surface area contributed by atoms with Crippen molar-refractivity contribution in [1.29, 1.82) is 0 Å². The molecule has 14 heavy (non-hydrogen) atoms. The Hall–Kier alpha value is -0.940. The van der Waals surface area contributed by atoms with Crippen LogP contribution in [0.1, 0.15) is 24.5 Å². The maximum atomic E-state index is 5.43. The van der Waals surface area contributed by atoms with Crippen molar-refractivity contribution in [3.05, 3.63) is 11.9 Å². The lowest BCUT2D eigenvalue weighted by molar-refractivity contribution is 0.0793. The smallest absolute Gasteiger partial charge is 0.0880 e. The maximum absolute atomic E-state index is 5.43. The first-order valence-corrected chi connectivity index (χ1v) is 5.08. The van der Waals surface area contributed by atoms with Gasteiger partial charge >= 0.3 is 0 Å². The van der Waals surface area contributed by atoms with E-state index in [0.29, 0.717) is 12.5 Å². The Bertz CT molecular complexity index is 280. The molecule has 5 nitrogen and oxygen atoms in total. The van der Waals surface area contributed by atoms with E-state index in [2.05, 4.69) is 10.3 Å². The highest BCUT2D eigenvalue weighted by atomic mass is 16.5. The molecule has 0 saturated carbocycles. The van der Waals surface area contributed by atoms with Crippen molar-refractivity contribution in [2.75, 3.05) is 19.8 Å². The summed E-state index contributed by atoms with van der Waals surface area (Å²) in [5, 5.41) is 8.15. The van der Waals surface area contributed by atoms with Gasteiger partial charge in [-0.2, -0.15) is 0 Å². The molecule has 2 rings (SSSR count). The molecule has 2 heterocycles. The summed E-state index contributed by atoms with van der Waals surface area (Å²) >= 11 is 0. The van der Waals surface area contributed by atoms with E-state index < -0.39 is 0 Å². The molecule has 0 aromatic carbocycles. The first-order valence-electron chi connectivity index (χ1n) is 5.08. The average Bonchev–Trinajstić information content (AvgIpc) is 2.68. The summed E-state index contributed by atoms with van der Waals surface area (Å²) in [5.74, 6) is 0.426. The molecule has 78 valence electrons. The van der Waals surface area contributed by atoms with E-state index in [1.807, 2.05) is 6.20 Å². The van der Waals surface area contributed by atoms with Gasteiger partial charge in [0.15, 0.2) is 0 Å². The van der Waals surface area contributed by atoms with Crippen molar-refractivity contribution in [3.63, 3.8) is 0 Å². The Morgan fingerprint density at radius 1 is 1.64 bits per heavy atom. The molecule has 0 amide bonds. The molecule has 1 fully saturated rings. The van der Waals surface area contributed by atoms with E-state index in [1.54, 1.807) is 4.68 Å². The Balaban J connectivity index is 2.00. The molecule has 1 aliphatic rings. The van der Waals surface area contributed by atoms with Gasteiger partial charge in [0.25, 0.3) is 0 Å². The number of rotatable bonds is 3. The van der Waals surface area contributed by atoms with Crippen LogP contribution in [0.3, 0.4) is 0 Å². The number of hydrogen-bond acceptors (Lipinski definition) is 4. The first-order chi connectivity index (χ1) is 6.90. The van der Waals surface area contributed by atoms with Crippen LogP contribution in [0.25, 0.3) is 0 Å². The standard InChI is InChI=1S/C9H16N4O/c10-3-4-13-6-9(11-12-13)8-2-1-5-14-7-8/h6,8H,1-5,7,10H2. The first kappa shape index (κ1) is 9.61. The Labute approximate surface area is 83.2 Å². The molecule has 0 spiro atoms. The van der Waals surface area contributed by atoms with Crippen molar-refractivity contribution in [3.8, 4) is 0 Å². The summed E-state index contributed by atoms with van der Waals surface area (Å²) in [7, 11) is 0. The second-order valence-corrected chi connectivity index (χ2v) is 3.61. The van der Waals surface area contributed by atoms with Crippen LogP contribution in [0, 0.1) is 0 Å². The van der Waals surface area contributed by atoms with Crippen molar-refractivity contribution in [2.24, 2.45) is 5.73 Å². The van der Waals surface area contributed by atoms with Crippen LogP contribution in [0.2, 0.25) is 0 Å². The molecule has 1 aliphatic heterocycles. The van der Waals surface area contributed by atoms with Gasteiger partial charge in [0, 0.05) is 25.3 Å². The summed E-state index contributed by atoms with van der Waals surface area (Å²) < 4.78 is 7.20. The molecule has 1 atom stereocenters. The number of ether oxygens (including phenoxy) is 1. The van der Waals surface area contributed by atoms with Crippen LogP contribution in [0.15, 0.2) is 6.20 Å². The van der Waals surface area contributed by atoms with E-state index in [9.17, 15) is 0 Å². The zero-order valence-electron chi connectivity index (χ0n) is 8.22. The minimum absolute atomic E-state index is 0.426. The predicted octanol–water partition coefficient (Wildman–Crippen LogP) is 0.131. The number of nitrogens with two attached hydrogens (primary N) is 1. The fraction of sp³-hybridized carbons (Fsp3) is 0.778. The summed E-state index contributed by atoms with van der Waals surface area (Å²) in [6.45, 7) is 3.00. The van der Waals surface area contributed by atoms with Crippen LogP contribution in [-0.4, -0.2) is 34.8 Å². The van der Waals surface area contributed by atoms with E-state index in [4.69, 9.17) is 10.5 Å². The van der Waals surface area contributed by atoms with Crippen molar-refractivity contribution in [1.82, 2.24) is 15.0 Å². The molecule has 0 aliphatic carbocycles. The highest BCUT2D eigenvalue weighted by Crippen LogP contribution is 2.22. The van der Waals surface area contributed by atoms with Gasteiger partial charge in [-0.15, -0.1) is 5.10 Å². The number of aromatic nitrogens is 3. The summed E-state index contributed by atoms with van der Waals surface area (Å²) in [4.78, 5) is 0. The highest BCUT2D eigenvalue weighted by Gasteiger charge is 2.18. The van der Waals surface area contributed by atoms with Crippen molar-refractivity contribution in [2.45, 2.75) is 25.3 Å². The quantitative estimate of drug-likeness (QED) is 0.746. The van der Waals surface area contributed by atoms with E-state index >= 15 is 0 Å². The van der Waals surface area contributed by atoms with Gasteiger partial charge in [-0.3, -0.25) is 4.68 Å². The van der Waals surface area contributed by atoms with Crippen LogP contribution in [0.5, 0.6) is 0 Å². The summed E-state index contributed by atoms with van der Waals surface area (Å²) in [5.41, 5.74) is 6.47. The van der Waals surface area contributed by atoms with Gasteiger partial charge in [-0.1, -0.05) is 5.21 Å². The molecule has 1 aromatic heterocycles. The second-order valence-electron chi connectivity index (χ2n) is 3.61.